The summed E-state index contributed by atoms with van der Waals surface area (Å²) >= 11 is 0. The van der Waals surface area contributed by atoms with Crippen LogP contribution in [0.15, 0.2) is 24.3 Å². The van der Waals surface area contributed by atoms with Crippen LogP contribution in [0, 0.1) is 0 Å². The van der Waals surface area contributed by atoms with Crippen LogP contribution in [0.1, 0.15) is 44.7 Å². The van der Waals surface area contributed by atoms with Crippen molar-refractivity contribution in [3.63, 3.8) is 0 Å². The molecule has 0 saturated carbocycles. The largest absolute Gasteiger partial charge is 0.331 e. The van der Waals surface area contributed by atoms with Gasteiger partial charge in [-0.25, -0.2) is 4.79 Å². The fraction of sp³-hybridized carbons (Fsp3) is 0.579. The SMILES string of the molecule is CCC(=O)Nc1ccc([C@H](C)NC(=O)N2CCC[C@@H](N(C)C)C2)cc1. The Morgan fingerprint density at radius 3 is 2.56 bits per heavy atom. The van der Waals surface area contributed by atoms with Crippen molar-refractivity contribution in [1.29, 1.82) is 0 Å². The maximum absolute atomic E-state index is 12.5. The fourth-order valence-electron chi connectivity index (χ4n) is 3.03. The van der Waals surface area contributed by atoms with E-state index in [1.807, 2.05) is 43.0 Å². The Labute approximate surface area is 150 Å². The lowest BCUT2D eigenvalue weighted by molar-refractivity contribution is -0.115. The highest BCUT2D eigenvalue weighted by Crippen LogP contribution is 2.18. The molecule has 25 heavy (non-hydrogen) atoms. The van der Waals surface area contributed by atoms with Crippen molar-refractivity contribution in [1.82, 2.24) is 15.1 Å². The highest BCUT2D eigenvalue weighted by molar-refractivity contribution is 5.90. The second-order valence-corrected chi connectivity index (χ2v) is 6.90. The van der Waals surface area contributed by atoms with Gasteiger partial charge in [0.25, 0.3) is 0 Å². The molecule has 1 aromatic rings. The molecule has 1 heterocycles. The molecular weight excluding hydrogens is 316 g/mol. The molecule has 0 bridgehead atoms. The summed E-state index contributed by atoms with van der Waals surface area (Å²) in [7, 11) is 4.13. The highest BCUT2D eigenvalue weighted by atomic mass is 16.2. The van der Waals surface area contributed by atoms with Gasteiger partial charge < -0.3 is 20.4 Å². The molecular formula is C19H30N4O2. The van der Waals surface area contributed by atoms with Crippen LogP contribution in [0.2, 0.25) is 0 Å². The van der Waals surface area contributed by atoms with E-state index in [2.05, 4.69) is 29.6 Å². The third kappa shape index (κ3) is 5.46. The first-order valence-corrected chi connectivity index (χ1v) is 9.02. The monoisotopic (exact) mass is 346 g/mol. The summed E-state index contributed by atoms with van der Waals surface area (Å²) in [6.07, 6.45) is 2.63. The molecule has 1 saturated heterocycles. The topological polar surface area (TPSA) is 64.7 Å². The first-order valence-electron chi connectivity index (χ1n) is 9.02. The Kier molecular flexibility index (Phi) is 6.82. The number of piperidine rings is 1. The molecule has 6 nitrogen and oxygen atoms in total. The average Bonchev–Trinajstić information content (AvgIpc) is 2.62. The van der Waals surface area contributed by atoms with Crippen molar-refractivity contribution in [3.05, 3.63) is 29.8 Å². The molecule has 1 fully saturated rings. The molecule has 0 radical (unpaired) electrons. The predicted octanol–water partition coefficient (Wildman–Crippen LogP) is 2.83. The lowest BCUT2D eigenvalue weighted by Gasteiger charge is -2.36. The zero-order valence-corrected chi connectivity index (χ0v) is 15.7. The van der Waals surface area contributed by atoms with Crippen LogP contribution in [-0.2, 0) is 4.79 Å². The van der Waals surface area contributed by atoms with E-state index < -0.39 is 0 Å². The third-order valence-corrected chi connectivity index (χ3v) is 4.77. The highest BCUT2D eigenvalue weighted by Gasteiger charge is 2.25. The molecule has 1 aliphatic rings. The van der Waals surface area contributed by atoms with Gasteiger partial charge in [0, 0.05) is 31.2 Å². The summed E-state index contributed by atoms with van der Waals surface area (Å²) in [5, 5.41) is 5.90. The van der Waals surface area contributed by atoms with Gasteiger partial charge >= 0.3 is 6.03 Å². The number of rotatable bonds is 5. The van der Waals surface area contributed by atoms with Gasteiger partial charge in [-0.05, 0) is 51.6 Å². The molecule has 1 aromatic carbocycles. The number of amides is 3. The van der Waals surface area contributed by atoms with E-state index in [0.717, 1.165) is 37.2 Å². The quantitative estimate of drug-likeness (QED) is 0.862. The van der Waals surface area contributed by atoms with E-state index in [9.17, 15) is 9.59 Å². The van der Waals surface area contributed by atoms with E-state index >= 15 is 0 Å². The molecule has 2 N–H and O–H groups in total. The van der Waals surface area contributed by atoms with Gasteiger partial charge in [0.2, 0.25) is 5.91 Å². The molecule has 138 valence electrons. The molecule has 1 aliphatic heterocycles. The van der Waals surface area contributed by atoms with Gasteiger partial charge in [-0.3, -0.25) is 4.79 Å². The molecule has 2 rings (SSSR count). The van der Waals surface area contributed by atoms with Crippen LogP contribution in [0.25, 0.3) is 0 Å². The van der Waals surface area contributed by atoms with Crippen LogP contribution in [0.3, 0.4) is 0 Å². The Morgan fingerprint density at radius 2 is 1.96 bits per heavy atom. The Morgan fingerprint density at radius 1 is 1.28 bits per heavy atom. The molecule has 0 aromatic heterocycles. The summed E-state index contributed by atoms with van der Waals surface area (Å²) in [6.45, 7) is 5.38. The average molecular weight is 346 g/mol. The van der Waals surface area contributed by atoms with Crippen molar-refractivity contribution in [2.75, 3.05) is 32.5 Å². The summed E-state index contributed by atoms with van der Waals surface area (Å²) in [5.41, 5.74) is 1.79. The number of urea groups is 1. The molecule has 3 amide bonds. The van der Waals surface area contributed by atoms with Crippen LogP contribution in [0.4, 0.5) is 10.5 Å². The standard InChI is InChI=1S/C19H30N4O2/c1-5-18(24)21-16-10-8-15(9-11-16)14(2)20-19(25)23-12-6-7-17(13-23)22(3)4/h8-11,14,17H,5-7,12-13H2,1-4H3,(H,20,25)(H,21,24)/t14-,17+/m0/s1. The molecule has 2 atom stereocenters. The minimum absolute atomic E-state index is 0.00496. The summed E-state index contributed by atoms with van der Waals surface area (Å²) in [5.74, 6) is -0.00496. The second-order valence-electron chi connectivity index (χ2n) is 6.90. The number of anilines is 1. The van der Waals surface area contributed by atoms with E-state index in [0.29, 0.717) is 12.5 Å². The van der Waals surface area contributed by atoms with Crippen molar-refractivity contribution in [2.24, 2.45) is 0 Å². The molecule has 0 aliphatic carbocycles. The normalized spacial score (nSPS) is 18.8. The van der Waals surface area contributed by atoms with Crippen molar-refractivity contribution in [3.8, 4) is 0 Å². The number of likely N-dealkylation sites (tertiary alicyclic amines) is 1. The Hall–Kier alpha value is -2.08. The van der Waals surface area contributed by atoms with Gasteiger partial charge in [0.1, 0.15) is 0 Å². The van der Waals surface area contributed by atoms with Gasteiger partial charge in [-0.2, -0.15) is 0 Å². The number of likely N-dealkylation sites (N-methyl/N-ethyl adjacent to an activating group) is 1. The van der Waals surface area contributed by atoms with Gasteiger partial charge in [0.05, 0.1) is 6.04 Å². The molecule has 6 heteroatoms. The second kappa shape index (κ2) is 8.85. The van der Waals surface area contributed by atoms with Crippen LogP contribution in [-0.4, -0.2) is 55.0 Å². The minimum Gasteiger partial charge on any atom is -0.331 e. The summed E-state index contributed by atoms with van der Waals surface area (Å²) in [6, 6.07) is 7.95. The molecule has 0 unspecified atom stereocenters. The van der Waals surface area contributed by atoms with E-state index in [1.165, 1.54) is 0 Å². The van der Waals surface area contributed by atoms with E-state index in [-0.39, 0.29) is 18.0 Å². The van der Waals surface area contributed by atoms with Gasteiger partial charge in [-0.15, -0.1) is 0 Å². The number of nitrogens with one attached hydrogen (secondary N) is 2. The van der Waals surface area contributed by atoms with E-state index in [4.69, 9.17) is 0 Å². The number of carbonyl (C=O) groups excluding carboxylic acids is 2. The lowest BCUT2D eigenvalue weighted by Crippen LogP contribution is -2.51. The zero-order valence-electron chi connectivity index (χ0n) is 15.7. The van der Waals surface area contributed by atoms with E-state index in [1.54, 1.807) is 0 Å². The fourth-order valence-corrected chi connectivity index (χ4v) is 3.03. The number of hydrogen-bond acceptors (Lipinski definition) is 3. The predicted molar refractivity (Wildman–Crippen MR) is 101 cm³/mol. The Bertz CT molecular complexity index is 586. The maximum Gasteiger partial charge on any atom is 0.317 e. The first-order chi connectivity index (χ1) is 11.9. The molecule has 0 spiro atoms. The number of benzene rings is 1. The van der Waals surface area contributed by atoms with Crippen LogP contribution >= 0.6 is 0 Å². The minimum atomic E-state index is -0.0804. The maximum atomic E-state index is 12.5. The summed E-state index contributed by atoms with van der Waals surface area (Å²) in [4.78, 5) is 28.0. The third-order valence-electron chi connectivity index (χ3n) is 4.77. The van der Waals surface area contributed by atoms with Gasteiger partial charge in [0.15, 0.2) is 0 Å². The lowest BCUT2D eigenvalue weighted by atomic mass is 10.1. The summed E-state index contributed by atoms with van der Waals surface area (Å²) < 4.78 is 0. The van der Waals surface area contributed by atoms with Gasteiger partial charge in [-0.1, -0.05) is 19.1 Å². The van der Waals surface area contributed by atoms with Crippen molar-refractivity contribution < 1.29 is 9.59 Å². The van der Waals surface area contributed by atoms with Crippen molar-refractivity contribution in [2.45, 2.75) is 45.2 Å². The smallest absolute Gasteiger partial charge is 0.317 e. The number of hydrogen-bond donors (Lipinski definition) is 2. The Balaban J connectivity index is 1.91. The van der Waals surface area contributed by atoms with Crippen LogP contribution < -0.4 is 10.6 Å². The number of carbonyl (C=O) groups is 2. The zero-order chi connectivity index (χ0) is 18.4. The number of nitrogens with zero attached hydrogens (tertiary/aromatic N) is 2. The first kappa shape index (κ1) is 19.2. The van der Waals surface area contributed by atoms with Crippen molar-refractivity contribution >= 4 is 17.6 Å². The van der Waals surface area contributed by atoms with Crippen LogP contribution in [0.5, 0.6) is 0 Å².